The van der Waals surface area contributed by atoms with Crippen LogP contribution in [0.5, 0.6) is 0 Å². The van der Waals surface area contributed by atoms with Gasteiger partial charge in [-0.2, -0.15) is 8.78 Å². The molecule has 98 valence electrons. The Morgan fingerprint density at radius 3 is 2.39 bits per heavy atom. The first-order chi connectivity index (χ1) is 8.12. The van der Waals surface area contributed by atoms with E-state index in [0.29, 0.717) is 13.0 Å². The number of hydrogen-bond acceptors (Lipinski definition) is 2. The Balaban J connectivity index is 3.36. The number of ketones is 1. The highest BCUT2D eigenvalue weighted by molar-refractivity contribution is 9.10. The Morgan fingerprint density at radius 1 is 1.39 bits per heavy atom. The van der Waals surface area contributed by atoms with Gasteiger partial charge < -0.3 is 5.11 Å². The third kappa shape index (κ3) is 3.22. The van der Waals surface area contributed by atoms with Gasteiger partial charge >= 0.3 is 12.0 Å². The van der Waals surface area contributed by atoms with Crippen molar-refractivity contribution in [2.45, 2.75) is 12.8 Å². The van der Waals surface area contributed by atoms with E-state index in [9.17, 15) is 22.8 Å². The number of alkyl halides is 2. The van der Waals surface area contributed by atoms with E-state index in [2.05, 4.69) is 15.9 Å². The van der Waals surface area contributed by atoms with Gasteiger partial charge in [-0.3, -0.25) is 10.1 Å². The SMILES string of the molecule is CC(F)(F)C(=O)c1cc(F)c(Br)cc1NC(=O)O. The number of anilines is 1. The van der Waals surface area contributed by atoms with Crippen LogP contribution in [0.4, 0.5) is 23.7 Å². The normalized spacial score (nSPS) is 11.2. The molecule has 0 unspecified atom stereocenters. The van der Waals surface area contributed by atoms with Crippen LogP contribution in [0.3, 0.4) is 0 Å². The molecule has 0 fully saturated rings. The lowest BCUT2D eigenvalue weighted by atomic mass is 10.0. The van der Waals surface area contributed by atoms with Gasteiger partial charge in [-0.05, 0) is 28.1 Å². The van der Waals surface area contributed by atoms with Crippen molar-refractivity contribution in [2.75, 3.05) is 5.32 Å². The first-order valence-electron chi connectivity index (χ1n) is 4.54. The second-order valence-corrected chi connectivity index (χ2v) is 4.31. The molecular weight excluding hydrogens is 319 g/mol. The average molecular weight is 326 g/mol. The molecule has 1 rings (SSSR count). The zero-order valence-electron chi connectivity index (χ0n) is 8.93. The van der Waals surface area contributed by atoms with Crippen molar-refractivity contribution in [2.24, 2.45) is 0 Å². The summed E-state index contributed by atoms with van der Waals surface area (Å²) in [6.07, 6.45) is -1.55. The highest BCUT2D eigenvalue weighted by Crippen LogP contribution is 2.29. The number of nitrogens with one attached hydrogen (secondary N) is 1. The lowest BCUT2D eigenvalue weighted by molar-refractivity contribution is 0.0222. The van der Waals surface area contributed by atoms with Crippen LogP contribution >= 0.6 is 15.9 Å². The van der Waals surface area contributed by atoms with Crippen LogP contribution in [0.15, 0.2) is 16.6 Å². The molecule has 4 nitrogen and oxygen atoms in total. The van der Waals surface area contributed by atoms with Crippen LogP contribution in [0, 0.1) is 5.82 Å². The third-order valence-corrected chi connectivity index (χ3v) is 2.55. The van der Waals surface area contributed by atoms with Gasteiger partial charge in [0.25, 0.3) is 0 Å². The van der Waals surface area contributed by atoms with E-state index >= 15 is 0 Å². The largest absolute Gasteiger partial charge is 0.465 e. The zero-order valence-corrected chi connectivity index (χ0v) is 10.5. The van der Waals surface area contributed by atoms with Crippen molar-refractivity contribution < 1.29 is 27.9 Å². The number of amides is 1. The molecule has 2 N–H and O–H groups in total. The molecule has 0 aliphatic heterocycles. The van der Waals surface area contributed by atoms with Gasteiger partial charge in [0, 0.05) is 6.92 Å². The second-order valence-electron chi connectivity index (χ2n) is 3.46. The van der Waals surface area contributed by atoms with Crippen LogP contribution in [-0.4, -0.2) is 22.9 Å². The summed E-state index contributed by atoms with van der Waals surface area (Å²) in [5.41, 5.74) is -1.15. The maximum atomic E-state index is 13.2. The number of Topliss-reactive ketones (excluding diaryl/α,β-unsaturated/α-hetero) is 1. The summed E-state index contributed by atoms with van der Waals surface area (Å²) in [7, 11) is 0. The topological polar surface area (TPSA) is 66.4 Å². The predicted molar refractivity (Wildman–Crippen MR) is 60.7 cm³/mol. The molecule has 0 aliphatic carbocycles. The standard InChI is InChI=1S/C10H7BrF3NO3/c1-10(13,14)8(16)4-2-6(12)5(11)3-7(4)15-9(17)18/h2-3,15H,1H3,(H,17,18). The zero-order chi connectivity index (χ0) is 14.1. The average Bonchev–Trinajstić information content (AvgIpc) is 2.20. The van der Waals surface area contributed by atoms with Crippen molar-refractivity contribution in [1.29, 1.82) is 0 Å². The van der Waals surface area contributed by atoms with Crippen LogP contribution in [0.2, 0.25) is 0 Å². The van der Waals surface area contributed by atoms with E-state index in [1.165, 1.54) is 0 Å². The lowest BCUT2D eigenvalue weighted by Crippen LogP contribution is -2.26. The smallest absolute Gasteiger partial charge is 0.409 e. The second kappa shape index (κ2) is 4.97. The number of carbonyl (C=O) groups excluding carboxylic acids is 1. The number of hydrogen-bond donors (Lipinski definition) is 2. The summed E-state index contributed by atoms with van der Waals surface area (Å²) in [6.45, 7) is 0.347. The first-order valence-corrected chi connectivity index (χ1v) is 5.34. The summed E-state index contributed by atoms with van der Waals surface area (Å²) in [4.78, 5) is 21.8. The fourth-order valence-electron chi connectivity index (χ4n) is 1.19. The minimum Gasteiger partial charge on any atom is -0.465 e. The van der Waals surface area contributed by atoms with Gasteiger partial charge in [-0.1, -0.05) is 0 Å². The van der Waals surface area contributed by atoms with E-state index in [0.717, 1.165) is 6.07 Å². The van der Waals surface area contributed by atoms with E-state index in [4.69, 9.17) is 5.11 Å². The molecule has 0 radical (unpaired) electrons. The highest BCUT2D eigenvalue weighted by Gasteiger charge is 2.35. The molecule has 8 heteroatoms. The summed E-state index contributed by atoms with van der Waals surface area (Å²) < 4.78 is 38.9. The number of carboxylic acid groups (broad SMARTS) is 1. The Morgan fingerprint density at radius 2 is 1.94 bits per heavy atom. The number of benzene rings is 1. The van der Waals surface area contributed by atoms with Crippen LogP contribution in [0.25, 0.3) is 0 Å². The molecule has 0 saturated carbocycles. The van der Waals surface area contributed by atoms with Crippen LogP contribution in [-0.2, 0) is 0 Å². The van der Waals surface area contributed by atoms with Crippen molar-refractivity contribution in [1.82, 2.24) is 0 Å². The minimum absolute atomic E-state index is 0.151. The molecule has 1 aromatic carbocycles. The molecule has 1 aromatic rings. The quantitative estimate of drug-likeness (QED) is 0.835. The molecule has 0 saturated heterocycles. The van der Waals surface area contributed by atoms with E-state index < -0.39 is 34.9 Å². The van der Waals surface area contributed by atoms with Crippen molar-refractivity contribution in [3.8, 4) is 0 Å². The van der Waals surface area contributed by atoms with Crippen LogP contribution in [0.1, 0.15) is 17.3 Å². The minimum atomic E-state index is -3.73. The van der Waals surface area contributed by atoms with E-state index in [1.807, 2.05) is 0 Å². The fourth-order valence-corrected chi connectivity index (χ4v) is 1.53. The Bertz CT molecular complexity index is 514. The maximum Gasteiger partial charge on any atom is 0.409 e. The van der Waals surface area contributed by atoms with Gasteiger partial charge in [0.1, 0.15) is 5.82 Å². The molecule has 0 bridgehead atoms. The molecule has 0 spiro atoms. The van der Waals surface area contributed by atoms with Crippen LogP contribution < -0.4 is 5.32 Å². The molecule has 0 atom stereocenters. The van der Waals surface area contributed by atoms with Gasteiger partial charge in [-0.15, -0.1) is 0 Å². The highest BCUT2D eigenvalue weighted by atomic mass is 79.9. The number of rotatable bonds is 3. The number of carbonyl (C=O) groups is 2. The predicted octanol–water partition coefficient (Wildman–Crippen LogP) is 3.52. The van der Waals surface area contributed by atoms with Gasteiger partial charge in [0.15, 0.2) is 0 Å². The van der Waals surface area contributed by atoms with Crippen molar-refractivity contribution in [3.63, 3.8) is 0 Å². The first kappa shape index (κ1) is 14.5. The molecule has 0 aromatic heterocycles. The van der Waals surface area contributed by atoms with Gasteiger partial charge in [0.05, 0.1) is 15.7 Å². The summed E-state index contributed by atoms with van der Waals surface area (Å²) in [6, 6.07) is 1.46. The molecule has 1 amide bonds. The Hall–Kier alpha value is -1.57. The monoisotopic (exact) mass is 325 g/mol. The van der Waals surface area contributed by atoms with Gasteiger partial charge in [-0.25, -0.2) is 9.18 Å². The van der Waals surface area contributed by atoms with Crippen molar-refractivity contribution >= 4 is 33.5 Å². The summed E-state index contributed by atoms with van der Waals surface area (Å²) in [5, 5.41) is 10.3. The summed E-state index contributed by atoms with van der Waals surface area (Å²) >= 11 is 2.76. The molecule has 18 heavy (non-hydrogen) atoms. The summed E-state index contributed by atoms with van der Waals surface area (Å²) in [5.74, 6) is -6.34. The number of halogens is 4. The molecular formula is C10H7BrF3NO3. The maximum absolute atomic E-state index is 13.2. The Labute approximate surface area is 108 Å². The van der Waals surface area contributed by atoms with Gasteiger partial charge in [0.2, 0.25) is 5.78 Å². The third-order valence-electron chi connectivity index (χ3n) is 1.95. The van der Waals surface area contributed by atoms with Crippen molar-refractivity contribution in [3.05, 3.63) is 28.0 Å². The van der Waals surface area contributed by atoms with E-state index in [-0.39, 0.29) is 4.47 Å². The molecule has 0 aliphatic rings. The van der Waals surface area contributed by atoms with E-state index in [1.54, 1.807) is 5.32 Å². The molecule has 0 heterocycles. The Kier molecular flexibility index (Phi) is 4.00. The lowest BCUT2D eigenvalue weighted by Gasteiger charge is -2.13. The fraction of sp³-hybridized carbons (Fsp3) is 0.200.